The Labute approximate surface area is 90.2 Å². The zero-order valence-corrected chi connectivity index (χ0v) is 9.20. The van der Waals surface area contributed by atoms with Gasteiger partial charge in [0.05, 0.1) is 12.1 Å². The molecule has 4 nitrogen and oxygen atoms in total. The molecule has 0 aromatic rings. The number of hydrogen-bond donors (Lipinski definition) is 3. The van der Waals surface area contributed by atoms with E-state index in [9.17, 15) is 9.90 Å². The number of carbonyl (C=O) groups is 1. The van der Waals surface area contributed by atoms with Crippen molar-refractivity contribution >= 4 is 5.97 Å². The van der Waals surface area contributed by atoms with E-state index in [0.717, 1.165) is 32.2 Å². The van der Waals surface area contributed by atoms with E-state index < -0.39 is 5.97 Å². The molecule has 2 aliphatic rings. The molecule has 15 heavy (non-hydrogen) atoms. The third-order valence-electron chi connectivity index (χ3n) is 4.24. The van der Waals surface area contributed by atoms with Crippen molar-refractivity contribution in [1.82, 2.24) is 5.32 Å². The zero-order valence-electron chi connectivity index (χ0n) is 9.20. The fourth-order valence-corrected chi connectivity index (χ4v) is 3.15. The average Bonchev–Trinajstić information content (AvgIpc) is 3.01. The summed E-state index contributed by atoms with van der Waals surface area (Å²) in [5.41, 5.74) is 5.91. The Morgan fingerprint density at radius 2 is 2.27 bits per heavy atom. The van der Waals surface area contributed by atoms with Gasteiger partial charge in [-0.15, -0.1) is 0 Å². The summed E-state index contributed by atoms with van der Waals surface area (Å²) in [5.74, 6) is -0.528. The van der Waals surface area contributed by atoms with E-state index in [0.29, 0.717) is 5.92 Å². The smallest absolute Gasteiger partial charge is 0.306 e. The van der Waals surface area contributed by atoms with Crippen LogP contribution in [-0.4, -0.2) is 23.8 Å². The highest BCUT2D eigenvalue weighted by atomic mass is 16.4. The van der Waals surface area contributed by atoms with Gasteiger partial charge in [-0.3, -0.25) is 4.79 Å². The van der Waals surface area contributed by atoms with Gasteiger partial charge < -0.3 is 16.2 Å². The minimum Gasteiger partial charge on any atom is -0.481 e. The molecular formula is C11H20N2O2. The van der Waals surface area contributed by atoms with Crippen LogP contribution in [0.2, 0.25) is 0 Å². The van der Waals surface area contributed by atoms with E-state index >= 15 is 0 Å². The summed E-state index contributed by atoms with van der Waals surface area (Å²) >= 11 is 0. The summed E-state index contributed by atoms with van der Waals surface area (Å²) in [6.45, 7) is 2.73. The van der Waals surface area contributed by atoms with Gasteiger partial charge in [-0.1, -0.05) is 6.92 Å². The molecule has 4 N–H and O–H groups in total. The lowest BCUT2D eigenvalue weighted by Crippen LogP contribution is -2.60. The predicted molar refractivity (Wildman–Crippen MR) is 57.2 cm³/mol. The molecule has 0 radical (unpaired) electrons. The SMILES string of the molecule is CC(C(=O)O)C1(C2CC2)CCCNC1N. The largest absolute Gasteiger partial charge is 0.481 e. The maximum absolute atomic E-state index is 11.2. The molecule has 3 unspecified atom stereocenters. The highest BCUT2D eigenvalue weighted by molar-refractivity contribution is 5.71. The van der Waals surface area contributed by atoms with E-state index in [1.54, 1.807) is 0 Å². The minimum absolute atomic E-state index is 0.148. The molecule has 1 aliphatic carbocycles. The van der Waals surface area contributed by atoms with Crippen LogP contribution in [0.1, 0.15) is 32.6 Å². The highest BCUT2D eigenvalue weighted by Gasteiger charge is 2.55. The third-order valence-corrected chi connectivity index (χ3v) is 4.24. The van der Waals surface area contributed by atoms with Crippen LogP contribution in [0.15, 0.2) is 0 Å². The summed E-state index contributed by atoms with van der Waals surface area (Å²) in [6, 6.07) is 0. The summed E-state index contributed by atoms with van der Waals surface area (Å²) in [5, 5.41) is 12.5. The molecule has 0 amide bonds. The van der Waals surface area contributed by atoms with Crippen molar-refractivity contribution in [3.63, 3.8) is 0 Å². The maximum atomic E-state index is 11.2. The Balaban J connectivity index is 2.25. The van der Waals surface area contributed by atoms with E-state index in [1.165, 1.54) is 0 Å². The molecule has 1 aliphatic heterocycles. The fraction of sp³-hybridized carbons (Fsp3) is 0.909. The molecule has 86 valence electrons. The van der Waals surface area contributed by atoms with Crippen molar-refractivity contribution in [3.05, 3.63) is 0 Å². The lowest BCUT2D eigenvalue weighted by Gasteiger charge is -2.46. The van der Waals surface area contributed by atoms with Gasteiger partial charge in [-0.05, 0) is 38.1 Å². The topological polar surface area (TPSA) is 75.3 Å². The first kappa shape index (κ1) is 10.9. The second kappa shape index (κ2) is 3.76. The number of carboxylic acid groups (broad SMARTS) is 1. The van der Waals surface area contributed by atoms with E-state index in [4.69, 9.17) is 5.73 Å². The Morgan fingerprint density at radius 1 is 1.60 bits per heavy atom. The second-order valence-electron chi connectivity index (χ2n) is 4.98. The van der Waals surface area contributed by atoms with Gasteiger partial charge in [0.15, 0.2) is 0 Å². The number of piperidine rings is 1. The number of aliphatic carboxylic acids is 1. The molecule has 4 heteroatoms. The molecular weight excluding hydrogens is 192 g/mol. The number of rotatable bonds is 3. The van der Waals surface area contributed by atoms with Gasteiger partial charge in [0, 0.05) is 5.41 Å². The van der Waals surface area contributed by atoms with Crippen molar-refractivity contribution in [2.45, 2.75) is 38.8 Å². The lowest BCUT2D eigenvalue weighted by atomic mass is 9.65. The molecule has 1 heterocycles. The van der Waals surface area contributed by atoms with Crippen LogP contribution >= 0.6 is 0 Å². The first-order valence-corrected chi connectivity index (χ1v) is 5.81. The molecule has 1 saturated carbocycles. The summed E-state index contributed by atoms with van der Waals surface area (Å²) in [4.78, 5) is 11.2. The van der Waals surface area contributed by atoms with Crippen LogP contribution in [0.25, 0.3) is 0 Å². The minimum atomic E-state index is -0.707. The normalized spacial score (nSPS) is 38.7. The van der Waals surface area contributed by atoms with Crippen LogP contribution in [-0.2, 0) is 4.79 Å². The van der Waals surface area contributed by atoms with Crippen LogP contribution in [0.4, 0.5) is 0 Å². The molecule has 1 saturated heterocycles. The number of carboxylic acids is 1. The standard InChI is InChI=1S/C11H20N2O2/c1-7(9(14)15)11(8-3-4-8)5-2-6-13-10(11)12/h7-8,10,13H,2-6,12H2,1H3,(H,14,15). The summed E-state index contributed by atoms with van der Waals surface area (Å²) in [7, 11) is 0. The van der Waals surface area contributed by atoms with Crippen molar-refractivity contribution in [2.75, 3.05) is 6.54 Å². The van der Waals surface area contributed by atoms with Crippen molar-refractivity contribution in [2.24, 2.45) is 23.0 Å². The fourth-order valence-electron chi connectivity index (χ4n) is 3.15. The molecule has 0 spiro atoms. The average molecular weight is 212 g/mol. The third kappa shape index (κ3) is 1.66. The molecule has 3 atom stereocenters. The quantitative estimate of drug-likeness (QED) is 0.646. The molecule has 0 aromatic carbocycles. The van der Waals surface area contributed by atoms with Gasteiger partial charge in [-0.2, -0.15) is 0 Å². The highest BCUT2D eigenvalue weighted by Crippen LogP contribution is 2.54. The Morgan fingerprint density at radius 3 is 2.73 bits per heavy atom. The van der Waals surface area contributed by atoms with Gasteiger partial charge in [0.1, 0.15) is 0 Å². The Kier molecular flexibility index (Phi) is 2.73. The molecule has 0 aromatic heterocycles. The van der Waals surface area contributed by atoms with Crippen LogP contribution in [0.3, 0.4) is 0 Å². The van der Waals surface area contributed by atoms with Crippen molar-refractivity contribution < 1.29 is 9.90 Å². The van der Waals surface area contributed by atoms with Crippen molar-refractivity contribution in [1.29, 1.82) is 0 Å². The number of hydrogen-bond acceptors (Lipinski definition) is 3. The predicted octanol–water partition coefficient (Wildman–Crippen LogP) is 0.772. The van der Waals surface area contributed by atoms with Gasteiger partial charge in [-0.25, -0.2) is 0 Å². The van der Waals surface area contributed by atoms with E-state index in [-0.39, 0.29) is 17.5 Å². The Hall–Kier alpha value is -0.610. The van der Waals surface area contributed by atoms with Crippen molar-refractivity contribution in [3.8, 4) is 0 Å². The van der Waals surface area contributed by atoms with E-state index in [2.05, 4.69) is 5.32 Å². The van der Waals surface area contributed by atoms with Gasteiger partial charge >= 0.3 is 5.97 Å². The number of nitrogens with two attached hydrogens (primary N) is 1. The van der Waals surface area contributed by atoms with E-state index in [1.807, 2.05) is 6.92 Å². The first-order valence-electron chi connectivity index (χ1n) is 5.81. The first-order chi connectivity index (χ1) is 7.09. The monoisotopic (exact) mass is 212 g/mol. The van der Waals surface area contributed by atoms with Crippen LogP contribution in [0.5, 0.6) is 0 Å². The molecule has 2 fully saturated rings. The van der Waals surface area contributed by atoms with Crippen LogP contribution < -0.4 is 11.1 Å². The summed E-state index contributed by atoms with van der Waals surface area (Å²) < 4.78 is 0. The maximum Gasteiger partial charge on any atom is 0.306 e. The Bertz CT molecular complexity index is 265. The van der Waals surface area contributed by atoms with Gasteiger partial charge in [0.25, 0.3) is 0 Å². The number of nitrogens with one attached hydrogen (secondary N) is 1. The summed E-state index contributed by atoms with van der Waals surface area (Å²) in [6.07, 6.45) is 4.14. The molecule has 2 rings (SSSR count). The lowest BCUT2D eigenvalue weighted by molar-refractivity contribution is -0.149. The molecule has 0 bridgehead atoms. The van der Waals surface area contributed by atoms with Gasteiger partial charge in [0.2, 0.25) is 0 Å². The second-order valence-corrected chi connectivity index (χ2v) is 4.98. The van der Waals surface area contributed by atoms with Crippen LogP contribution in [0, 0.1) is 17.3 Å². The zero-order chi connectivity index (χ0) is 11.1.